The van der Waals surface area contributed by atoms with Crippen molar-refractivity contribution in [2.45, 2.75) is 9.79 Å². The van der Waals surface area contributed by atoms with Crippen molar-refractivity contribution in [3.63, 3.8) is 0 Å². The van der Waals surface area contributed by atoms with Crippen molar-refractivity contribution < 1.29 is 4.74 Å². The monoisotopic (exact) mass is 188 g/mol. The Bertz CT molecular complexity index is 203. The Morgan fingerprint density at radius 3 is 2.55 bits per heavy atom. The Morgan fingerprint density at radius 2 is 2.00 bits per heavy atom. The minimum Gasteiger partial charge on any atom is -0.356 e. The minimum absolute atomic E-state index is 0.294. The van der Waals surface area contributed by atoms with Crippen LogP contribution in [0.1, 0.15) is 0 Å². The largest absolute Gasteiger partial charge is 0.356 e. The van der Waals surface area contributed by atoms with E-state index in [1.54, 1.807) is 7.11 Å². The van der Waals surface area contributed by atoms with Gasteiger partial charge in [-0.15, -0.1) is 0 Å². The van der Waals surface area contributed by atoms with Gasteiger partial charge in [-0.2, -0.15) is 0 Å². The lowest BCUT2D eigenvalue weighted by Gasteiger charge is -2.05. The van der Waals surface area contributed by atoms with Crippen LogP contribution in [-0.4, -0.2) is 12.0 Å². The molecule has 1 aromatic rings. The number of alkyl halides is 1. The summed E-state index contributed by atoms with van der Waals surface area (Å²) in [6.45, 7) is 0. The first-order chi connectivity index (χ1) is 5.33. The van der Waals surface area contributed by atoms with Crippen molar-refractivity contribution in [1.29, 1.82) is 0 Å². The van der Waals surface area contributed by atoms with Gasteiger partial charge >= 0.3 is 0 Å². The Kier molecular flexibility index (Phi) is 3.77. The third kappa shape index (κ3) is 3.14. The van der Waals surface area contributed by atoms with Gasteiger partial charge < -0.3 is 4.74 Å². The number of thioether (sulfide) groups is 1. The third-order valence-corrected chi connectivity index (χ3v) is 2.52. The smallest absolute Gasteiger partial charge is 0.182 e. The van der Waals surface area contributed by atoms with Crippen LogP contribution in [0.4, 0.5) is 0 Å². The zero-order valence-corrected chi connectivity index (χ0v) is 7.73. The van der Waals surface area contributed by atoms with Crippen molar-refractivity contribution in [1.82, 2.24) is 0 Å². The van der Waals surface area contributed by atoms with Gasteiger partial charge in [0.05, 0.1) is 0 Å². The van der Waals surface area contributed by atoms with E-state index in [4.69, 9.17) is 16.3 Å². The summed E-state index contributed by atoms with van der Waals surface area (Å²) in [5.74, 6) is 0. The highest BCUT2D eigenvalue weighted by atomic mass is 35.5. The summed E-state index contributed by atoms with van der Waals surface area (Å²) >= 11 is 7.23. The third-order valence-electron chi connectivity index (χ3n) is 1.16. The van der Waals surface area contributed by atoms with E-state index in [9.17, 15) is 0 Å². The highest BCUT2D eigenvalue weighted by Gasteiger charge is 2.02. The molecule has 0 N–H and O–H groups in total. The van der Waals surface area contributed by atoms with Gasteiger partial charge in [0, 0.05) is 12.0 Å². The predicted octanol–water partition coefficient (Wildman–Crippen LogP) is 2.95. The van der Waals surface area contributed by atoms with Crippen molar-refractivity contribution >= 4 is 23.4 Å². The number of rotatable bonds is 3. The van der Waals surface area contributed by atoms with Gasteiger partial charge in [0.25, 0.3) is 0 Å². The Balaban J connectivity index is 2.51. The first-order valence-electron chi connectivity index (χ1n) is 3.21. The molecule has 0 aliphatic heterocycles. The van der Waals surface area contributed by atoms with Gasteiger partial charge in [-0.25, -0.2) is 0 Å². The van der Waals surface area contributed by atoms with E-state index in [1.165, 1.54) is 11.8 Å². The number of hydrogen-bond donors (Lipinski definition) is 0. The second-order valence-electron chi connectivity index (χ2n) is 1.94. The molecule has 0 saturated carbocycles. The highest BCUT2D eigenvalue weighted by molar-refractivity contribution is 8.00. The first kappa shape index (κ1) is 8.91. The molecule has 0 amide bonds. The van der Waals surface area contributed by atoms with Crippen LogP contribution in [0.25, 0.3) is 0 Å². The van der Waals surface area contributed by atoms with Crippen molar-refractivity contribution in [2.75, 3.05) is 7.11 Å². The van der Waals surface area contributed by atoms with Crippen molar-refractivity contribution in [3.05, 3.63) is 30.3 Å². The Hall–Kier alpha value is -0.180. The molecule has 0 fully saturated rings. The summed E-state index contributed by atoms with van der Waals surface area (Å²) in [6.07, 6.45) is 0. The molecule has 0 bridgehead atoms. The molecule has 0 saturated heterocycles. The van der Waals surface area contributed by atoms with Gasteiger partial charge in [0.15, 0.2) is 4.90 Å². The molecule has 0 aliphatic rings. The predicted molar refractivity (Wildman–Crippen MR) is 48.9 cm³/mol. The van der Waals surface area contributed by atoms with Gasteiger partial charge in [0.2, 0.25) is 0 Å². The molecule has 0 aromatic heterocycles. The van der Waals surface area contributed by atoms with Crippen molar-refractivity contribution in [3.8, 4) is 0 Å². The molecule has 1 nitrogen and oxygen atoms in total. The van der Waals surface area contributed by atoms with E-state index >= 15 is 0 Å². The van der Waals surface area contributed by atoms with E-state index in [2.05, 4.69) is 0 Å². The van der Waals surface area contributed by atoms with E-state index in [0.717, 1.165) is 4.90 Å². The zero-order chi connectivity index (χ0) is 8.10. The molecule has 11 heavy (non-hydrogen) atoms. The second-order valence-corrected chi connectivity index (χ2v) is 3.73. The lowest BCUT2D eigenvalue weighted by atomic mass is 10.4. The van der Waals surface area contributed by atoms with Gasteiger partial charge in [-0.05, 0) is 12.1 Å². The molecule has 1 rings (SSSR count). The lowest BCUT2D eigenvalue weighted by Crippen LogP contribution is -1.92. The zero-order valence-electron chi connectivity index (χ0n) is 6.16. The summed E-state index contributed by atoms with van der Waals surface area (Å²) < 4.78 is 4.88. The summed E-state index contributed by atoms with van der Waals surface area (Å²) in [7, 11) is 1.59. The molecular formula is C8H9ClOS. The second kappa shape index (κ2) is 4.65. The molecule has 3 heteroatoms. The fourth-order valence-corrected chi connectivity index (χ4v) is 1.59. The molecule has 0 radical (unpaired) electrons. The summed E-state index contributed by atoms with van der Waals surface area (Å²) in [6, 6.07) is 9.92. The Labute approximate surface area is 75.7 Å². The Morgan fingerprint density at radius 1 is 1.36 bits per heavy atom. The molecule has 0 spiro atoms. The van der Waals surface area contributed by atoms with Crippen molar-refractivity contribution in [2.24, 2.45) is 0 Å². The van der Waals surface area contributed by atoms with E-state index in [1.807, 2.05) is 30.3 Å². The maximum atomic E-state index is 5.74. The first-order valence-corrected chi connectivity index (χ1v) is 4.53. The van der Waals surface area contributed by atoms with E-state index < -0.39 is 0 Å². The van der Waals surface area contributed by atoms with Crippen LogP contribution in [0.3, 0.4) is 0 Å². The number of hydrogen-bond acceptors (Lipinski definition) is 2. The summed E-state index contributed by atoms with van der Waals surface area (Å²) in [4.78, 5) is 0.826. The normalized spacial score (nSPS) is 12.9. The van der Waals surface area contributed by atoms with E-state index in [-0.39, 0.29) is 4.90 Å². The SMILES string of the molecule is COC(Cl)Sc1ccccc1. The fourth-order valence-electron chi connectivity index (χ4n) is 0.654. The van der Waals surface area contributed by atoms with Crippen LogP contribution in [-0.2, 0) is 4.74 Å². The molecule has 1 unspecified atom stereocenters. The lowest BCUT2D eigenvalue weighted by molar-refractivity contribution is 0.230. The van der Waals surface area contributed by atoms with Crippen LogP contribution in [0.5, 0.6) is 0 Å². The van der Waals surface area contributed by atoms with Gasteiger partial charge in [-0.1, -0.05) is 41.6 Å². The van der Waals surface area contributed by atoms with Gasteiger partial charge in [-0.3, -0.25) is 0 Å². The van der Waals surface area contributed by atoms with E-state index in [0.29, 0.717) is 0 Å². The van der Waals surface area contributed by atoms with Crippen LogP contribution >= 0.6 is 23.4 Å². The van der Waals surface area contributed by atoms with Crippen LogP contribution in [0.2, 0.25) is 0 Å². The molecule has 0 aliphatic carbocycles. The average molecular weight is 189 g/mol. The quantitative estimate of drug-likeness (QED) is 0.410. The molecule has 60 valence electrons. The number of methoxy groups -OCH3 is 1. The molecule has 1 aromatic carbocycles. The van der Waals surface area contributed by atoms with Crippen LogP contribution < -0.4 is 0 Å². The van der Waals surface area contributed by atoms with Crippen LogP contribution in [0, 0.1) is 0 Å². The topological polar surface area (TPSA) is 9.23 Å². The minimum atomic E-state index is -0.294. The number of halogens is 1. The summed E-state index contributed by atoms with van der Waals surface area (Å²) in [5, 5.41) is 0. The standard InChI is InChI=1S/C8H9ClOS/c1-10-8(9)11-7-5-3-2-4-6-7/h2-6,8H,1H3. The molecule has 1 atom stereocenters. The maximum Gasteiger partial charge on any atom is 0.182 e. The number of ether oxygens (including phenoxy) is 1. The average Bonchev–Trinajstić information content (AvgIpc) is 2.06. The van der Waals surface area contributed by atoms with Crippen LogP contribution in [0.15, 0.2) is 35.2 Å². The fraction of sp³-hybridized carbons (Fsp3) is 0.250. The maximum absolute atomic E-state index is 5.74. The molecular weight excluding hydrogens is 180 g/mol. The molecule has 0 heterocycles. The number of benzene rings is 1. The van der Waals surface area contributed by atoms with Gasteiger partial charge in [0.1, 0.15) is 0 Å². The highest BCUT2D eigenvalue weighted by Crippen LogP contribution is 2.25. The summed E-state index contributed by atoms with van der Waals surface area (Å²) in [5.41, 5.74) is 0.